The maximum atomic E-state index is 13.1. The number of nitrogens with one attached hydrogen (secondary N) is 1. The zero-order valence-electron chi connectivity index (χ0n) is 18.0. The van der Waals surface area contributed by atoms with E-state index in [1.165, 1.54) is 18.3 Å². The van der Waals surface area contributed by atoms with Gasteiger partial charge in [-0.05, 0) is 89.2 Å². The molecule has 9 heteroatoms. The van der Waals surface area contributed by atoms with Crippen LogP contribution in [0.4, 0.5) is 4.39 Å². The Hall–Kier alpha value is -2.92. The van der Waals surface area contributed by atoms with Crippen LogP contribution in [-0.2, 0) is 6.61 Å². The summed E-state index contributed by atoms with van der Waals surface area (Å²) in [5.74, 6) is 0.549. The first-order valence-corrected chi connectivity index (χ1v) is 12.2. The summed E-state index contributed by atoms with van der Waals surface area (Å²) in [5, 5.41) is 4.87. The van der Waals surface area contributed by atoms with Crippen LogP contribution in [0.25, 0.3) is 11.0 Å². The van der Waals surface area contributed by atoms with E-state index in [1.807, 2.05) is 25.1 Å². The van der Waals surface area contributed by atoms with Crippen LogP contribution in [0.2, 0.25) is 0 Å². The second-order valence-corrected chi connectivity index (χ2v) is 9.25. The van der Waals surface area contributed by atoms with Gasteiger partial charge < -0.3 is 13.9 Å². The van der Waals surface area contributed by atoms with Crippen molar-refractivity contribution in [2.45, 2.75) is 13.5 Å². The molecular weight excluding hydrogens is 618 g/mol. The molecule has 0 saturated carbocycles. The molecule has 0 saturated heterocycles. The number of amides is 1. The largest absolute Gasteiger partial charge is 0.490 e. The fourth-order valence-electron chi connectivity index (χ4n) is 3.15. The van der Waals surface area contributed by atoms with Gasteiger partial charge in [-0.15, -0.1) is 0 Å². The summed E-state index contributed by atoms with van der Waals surface area (Å²) in [6.45, 7) is 2.60. The van der Waals surface area contributed by atoms with Gasteiger partial charge in [0, 0.05) is 9.86 Å². The van der Waals surface area contributed by atoms with Crippen LogP contribution < -0.4 is 14.9 Å². The average molecular weight is 637 g/mol. The standard InChI is InChI=1S/C25H19BrFIN2O4/c1-2-32-22-10-16(9-20(28)24(22)33-14-15-3-6-19(27)7-4-15)13-29-30-25(31)23-12-17-11-18(26)5-8-21(17)34-23/h3-13H,2,14H2,1H3,(H,30,31). The van der Waals surface area contributed by atoms with Gasteiger partial charge in [0.1, 0.15) is 18.0 Å². The minimum absolute atomic E-state index is 0.166. The van der Waals surface area contributed by atoms with E-state index >= 15 is 0 Å². The zero-order valence-corrected chi connectivity index (χ0v) is 21.7. The summed E-state index contributed by atoms with van der Waals surface area (Å²) in [7, 11) is 0. The number of ether oxygens (including phenoxy) is 2. The second-order valence-electron chi connectivity index (χ2n) is 7.17. The number of rotatable bonds is 8. The van der Waals surface area contributed by atoms with Gasteiger partial charge in [-0.25, -0.2) is 9.82 Å². The van der Waals surface area contributed by atoms with E-state index in [0.717, 1.165) is 24.6 Å². The van der Waals surface area contributed by atoms with Gasteiger partial charge in [0.05, 0.1) is 16.4 Å². The number of carbonyl (C=O) groups excluding carboxylic acids is 1. The van der Waals surface area contributed by atoms with Gasteiger partial charge in [-0.1, -0.05) is 28.1 Å². The highest BCUT2D eigenvalue weighted by atomic mass is 127. The Bertz CT molecular complexity index is 1360. The summed E-state index contributed by atoms with van der Waals surface area (Å²) < 4.78 is 32.1. The van der Waals surface area contributed by atoms with Gasteiger partial charge in [0.25, 0.3) is 0 Å². The van der Waals surface area contributed by atoms with E-state index < -0.39 is 5.91 Å². The Labute approximate surface area is 217 Å². The van der Waals surface area contributed by atoms with Crippen molar-refractivity contribution < 1.29 is 23.1 Å². The summed E-state index contributed by atoms with van der Waals surface area (Å²) in [6.07, 6.45) is 1.52. The van der Waals surface area contributed by atoms with Gasteiger partial charge in [0.2, 0.25) is 0 Å². The first-order chi connectivity index (χ1) is 16.4. The van der Waals surface area contributed by atoms with Crippen molar-refractivity contribution in [2.24, 2.45) is 5.10 Å². The molecule has 1 N–H and O–H groups in total. The summed E-state index contributed by atoms with van der Waals surface area (Å²) >= 11 is 5.55. The number of furan rings is 1. The van der Waals surface area contributed by atoms with Gasteiger partial charge in [0.15, 0.2) is 17.3 Å². The van der Waals surface area contributed by atoms with Crippen LogP contribution >= 0.6 is 38.5 Å². The topological polar surface area (TPSA) is 73.1 Å². The first kappa shape index (κ1) is 24.2. The fourth-order valence-corrected chi connectivity index (χ4v) is 4.31. The summed E-state index contributed by atoms with van der Waals surface area (Å²) in [6, 6.07) is 16.9. The highest BCUT2D eigenvalue weighted by Gasteiger charge is 2.14. The molecule has 0 aliphatic rings. The van der Waals surface area contributed by atoms with Crippen LogP contribution in [0, 0.1) is 9.39 Å². The van der Waals surface area contributed by atoms with Crippen LogP contribution in [0.5, 0.6) is 11.5 Å². The minimum Gasteiger partial charge on any atom is -0.490 e. The molecule has 1 heterocycles. The molecule has 0 fully saturated rings. The van der Waals surface area contributed by atoms with Gasteiger partial charge in [-0.3, -0.25) is 4.79 Å². The van der Waals surface area contributed by atoms with Crippen molar-refractivity contribution in [1.29, 1.82) is 0 Å². The molecule has 0 bridgehead atoms. The highest BCUT2D eigenvalue weighted by Crippen LogP contribution is 2.34. The van der Waals surface area contributed by atoms with E-state index in [1.54, 1.807) is 30.3 Å². The molecule has 6 nitrogen and oxygen atoms in total. The quantitative estimate of drug-likeness (QED) is 0.133. The van der Waals surface area contributed by atoms with Crippen LogP contribution in [0.1, 0.15) is 28.6 Å². The highest BCUT2D eigenvalue weighted by molar-refractivity contribution is 14.1. The van der Waals surface area contributed by atoms with Crippen molar-refractivity contribution >= 4 is 61.6 Å². The number of hydrogen-bond donors (Lipinski definition) is 1. The Balaban J connectivity index is 1.46. The lowest BCUT2D eigenvalue weighted by Crippen LogP contribution is -2.16. The maximum absolute atomic E-state index is 13.1. The monoisotopic (exact) mass is 636 g/mol. The van der Waals surface area contributed by atoms with Gasteiger partial charge in [-0.2, -0.15) is 5.10 Å². The van der Waals surface area contributed by atoms with Crippen molar-refractivity contribution in [3.05, 3.63) is 91.4 Å². The molecule has 4 aromatic rings. The molecular formula is C25H19BrFIN2O4. The molecule has 1 amide bonds. The van der Waals surface area contributed by atoms with Crippen LogP contribution in [-0.4, -0.2) is 18.7 Å². The maximum Gasteiger partial charge on any atom is 0.307 e. The molecule has 0 aliphatic heterocycles. The molecule has 0 radical (unpaired) electrons. The number of hydrazone groups is 1. The number of benzene rings is 3. The Morgan fingerprint density at radius 1 is 1.15 bits per heavy atom. The number of carbonyl (C=O) groups is 1. The van der Waals surface area contributed by atoms with E-state index in [9.17, 15) is 9.18 Å². The third kappa shape index (κ3) is 5.95. The molecule has 1 aromatic heterocycles. The average Bonchev–Trinajstić information content (AvgIpc) is 3.23. The normalized spacial score (nSPS) is 11.2. The fraction of sp³-hybridized carbons (Fsp3) is 0.120. The molecule has 3 aromatic carbocycles. The van der Waals surface area contributed by atoms with Crippen LogP contribution in [0.15, 0.2) is 74.7 Å². The van der Waals surface area contributed by atoms with Crippen molar-refractivity contribution in [3.8, 4) is 11.5 Å². The lowest BCUT2D eigenvalue weighted by molar-refractivity contribution is 0.0929. The van der Waals surface area contributed by atoms with Crippen molar-refractivity contribution in [3.63, 3.8) is 0 Å². The third-order valence-electron chi connectivity index (χ3n) is 4.71. The predicted octanol–water partition coefficient (Wildman–Crippen LogP) is 6.68. The summed E-state index contributed by atoms with van der Waals surface area (Å²) in [4.78, 5) is 12.4. The van der Waals surface area contributed by atoms with Crippen molar-refractivity contribution in [2.75, 3.05) is 6.61 Å². The SMILES string of the molecule is CCOc1cc(C=NNC(=O)c2cc3cc(Br)ccc3o2)cc(I)c1OCc1ccc(F)cc1. The predicted molar refractivity (Wildman–Crippen MR) is 140 cm³/mol. The number of nitrogens with zero attached hydrogens (tertiary/aromatic N) is 1. The lowest BCUT2D eigenvalue weighted by atomic mass is 10.2. The molecule has 4 rings (SSSR count). The van der Waals surface area contributed by atoms with Gasteiger partial charge >= 0.3 is 5.91 Å². The van der Waals surface area contributed by atoms with Crippen LogP contribution in [0.3, 0.4) is 0 Å². The van der Waals surface area contributed by atoms with E-state index in [2.05, 4.69) is 49.0 Å². The summed E-state index contributed by atoms with van der Waals surface area (Å²) in [5.41, 5.74) is 4.65. The lowest BCUT2D eigenvalue weighted by Gasteiger charge is -2.14. The second kappa shape index (κ2) is 11.0. The van der Waals surface area contributed by atoms with E-state index in [-0.39, 0.29) is 18.2 Å². The Morgan fingerprint density at radius 2 is 1.94 bits per heavy atom. The third-order valence-corrected chi connectivity index (χ3v) is 6.00. The zero-order chi connectivity index (χ0) is 24.1. The Kier molecular flexibility index (Phi) is 7.84. The molecule has 0 aliphatic carbocycles. The van der Waals surface area contributed by atoms with E-state index in [4.69, 9.17) is 13.9 Å². The molecule has 0 unspecified atom stereocenters. The molecule has 0 atom stereocenters. The van der Waals surface area contributed by atoms with E-state index in [0.29, 0.717) is 23.7 Å². The smallest absolute Gasteiger partial charge is 0.307 e. The Morgan fingerprint density at radius 3 is 2.71 bits per heavy atom. The number of fused-ring (bicyclic) bond motifs is 1. The first-order valence-electron chi connectivity index (χ1n) is 10.3. The molecule has 34 heavy (non-hydrogen) atoms. The number of halogens is 3. The minimum atomic E-state index is -0.456. The van der Waals surface area contributed by atoms with Crippen molar-refractivity contribution in [1.82, 2.24) is 5.43 Å². The number of hydrogen-bond acceptors (Lipinski definition) is 5. The molecule has 0 spiro atoms. The molecule has 174 valence electrons.